The van der Waals surface area contributed by atoms with Gasteiger partial charge in [-0.15, -0.1) is 0 Å². The Bertz CT molecular complexity index is 1160. The molecule has 34 heavy (non-hydrogen) atoms. The molecule has 5 rings (SSSR count). The zero-order chi connectivity index (χ0) is 23.8. The van der Waals surface area contributed by atoms with Crippen molar-refractivity contribution < 1.29 is 23.0 Å². The Balaban J connectivity index is 1.69. The first kappa shape index (κ1) is 22.7. The maximum Gasteiger partial charge on any atom is 0.296 e. The van der Waals surface area contributed by atoms with Crippen LogP contribution in [0.25, 0.3) is 17.0 Å². The van der Waals surface area contributed by atoms with Gasteiger partial charge in [-0.05, 0) is 26.0 Å². The van der Waals surface area contributed by atoms with Crippen LogP contribution >= 0.6 is 0 Å². The van der Waals surface area contributed by atoms with Crippen molar-refractivity contribution in [3.8, 4) is 11.7 Å². The monoisotopic (exact) mass is 475 g/mol. The van der Waals surface area contributed by atoms with E-state index in [0.717, 1.165) is 0 Å². The number of methoxy groups -OCH3 is 1. The summed E-state index contributed by atoms with van der Waals surface area (Å²) in [6, 6.07) is 5.11. The molecule has 2 saturated heterocycles. The van der Waals surface area contributed by atoms with E-state index in [1.54, 1.807) is 18.2 Å². The van der Waals surface area contributed by atoms with Crippen molar-refractivity contribution in [1.82, 2.24) is 24.5 Å². The van der Waals surface area contributed by atoms with Gasteiger partial charge < -0.3 is 24.0 Å². The summed E-state index contributed by atoms with van der Waals surface area (Å²) in [5, 5.41) is 0. The minimum Gasteiger partial charge on any atom is -0.494 e. The molecule has 2 fully saturated rings. The van der Waals surface area contributed by atoms with Crippen LogP contribution in [0.15, 0.2) is 18.2 Å². The van der Waals surface area contributed by atoms with Gasteiger partial charge in [0.25, 0.3) is 6.43 Å². The fraction of sp³-hybridized carbons (Fsp3) is 0.545. The van der Waals surface area contributed by atoms with Crippen LogP contribution in [0.2, 0.25) is 0 Å². The normalized spacial score (nSPS) is 21.5. The van der Waals surface area contributed by atoms with Crippen molar-refractivity contribution in [2.45, 2.75) is 32.5 Å². The van der Waals surface area contributed by atoms with Gasteiger partial charge in [-0.2, -0.15) is 15.0 Å². The van der Waals surface area contributed by atoms with Gasteiger partial charge in [0.1, 0.15) is 11.3 Å². The number of alkyl halides is 2. The molecule has 2 aliphatic heterocycles. The lowest BCUT2D eigenvalue weighted by Crippen LogP contribution is -2.46. The highest BCUT2D eigenvalue weighted by Crippen LogP contribution is 2.32. The Kier molecular flexibility index (Phi) is 6.17. The largest absolute Gasteiger partial charge is 0.494 e. The van der Waals surface area contributed by atoms with E-state index in [0.29, 0.717) is 68.1 Å². The quantitative estimate of drug-likeness (QED) is 0.552. The van der Waals surface area contributed by atoms with Crippen LogP contribution in [0, 0.1) is 0 Å². The van der Waals surface area contributed by atoms with Crippen LogP contribution in [-0.4, -0.2) is 83.2 Å². The Morgan fingerprint density at radius 3 is 2.24 bits per heavy atom. The zero-order valence-corrected chi connectivity index (χ0v) is 19.3. The molecule has 0 bridgehead atoms. The van der Waals surface area contributed by atoms with E-state index in [2.05, 4.69) is 15.0 Å². The molecule has 0 aliphatic carbocycles. The molecule has 2 aromatic heterocycles. The molecule has 2 atom stereocenters. The highest BCUT2D eigenvalue weighted by atomic mass is 19.3. The van der Waals surface area contributed by atoms with Crippen molar-refractivity contribution in [1.29, 1.82) is 0 Å². The lowest BCUT2D eigenvalue weighted by atomic mass is 10.2. The number of fused-ring (bicyclic) bond motifs is 1. The van der Waals surface area contributed by atoms with E-state index in [-0.39, 0.29) is 18.2 Å². The molecule has 0 N–H and O–H groups in total. The number of nitrogens with zero attached hydrogens (tertiary/aromatic N) is 7. The predicted molar refractivity (Wildman–Crippen MR) is 121 cm³/mol. The average molecular weight is 476 g/mol. The Labute approximate surface area is 195 Å². The second-order valence-corrected chi connectivity index (χ2v) is 8.43. The number of para-hydroxylation sites is 1. The Morgan fingerprint density at radius 2 is 1.59 bits per heavy atom. The van der Waals surface area contributed by atoms with E-state index in [9.17, 15) is 8.78 Å². The summed E-state index contributed by atoms with van der Waals surface area (Å²) in [6.07, 6.45) is -2.89. The molecule has 4 heterocycles. The van der Waals surface area contributed by atoms with Gasteiger partial charge >= 0.3 is 0 Å². The van der Waals surface area contributed by atoms with Gasteiger partial charge in [0, 0.05) is 26.2 Å². The number of morpholine rings is 2. The number of rotatable bonds is 5. The minimum atomic E-state index is -2.84. The molecule has 0 spiro atoms. The smallest absolute Gasteiger partial charge is 0.296 e. The summed E-state index contributed by atoms with van der Waals surface area (Å²) in [5.74, 6) is 0.868. The van der Waals surface area contributed by atoms with Gasteiger partial charge in [-0.3, -0.25) is 4.57 Å². The number of aromatic nitrogens is 5. The van der Waals surface area contributed by atoms with Crippen molar-refractivity contribution in [2.24, 2.45) is 0 Å². The summed E-state index contributed by atoms with van der Waals surface area (Å²) in [4.78, 5) is 22.2. The molecular formula is C22H27F2N7O3. The number of benzene rings is 1. The number of ether oxygens (including phenoxy) is 3. The van der Waals surface area contributed by atoms with Crippen LogP contribution in [0.4, 0.5) is 20.7 Å². The van der Waals surface area contributed by atoms with Gasteiger partial charge in [-0.1, -0.05) is 6.07 Å². The third-order valence-corrected chi connectivity index (χ3v) is 5.89. The summed E-state index contributed by atoms with van der Waals surface area (Å²) >= 11 is 0. The molecule has 10 nitrogen and oxygen atoms in total. The molecule has 1 aromatic carbocycles. The van der Waals surface area contributed by atoms with E-state index in [1.165, 1.54) is 11.7 Å². The number of hydrogen-bond donors (Lipinski definition) is 0. The third-order valence-electron chi connectivity index (χ3n) is 5.89. The second-order valence-electron chi connectivity index (χ2n) is 8.43. The summed E-state index contributed by atoms with van der Waals surface area (Å²) in [7, 11) is 1.48. The van der Waals surface area contributed by atoms with Gasteiger partial charge in [0.05, 0.1) is 38.0 Å². The van der Waals surface area contributed by atoms with Crippen LogP contribution in [0.1, 0.15) is 26.1 Å². The standard InChI is InChI=1S/C22H27F2N7O3/c1-13-11-30(12-14(2)34-13)21-26-20(29-7-9-33-10-8-29)27-22(28-21)31-15-5-4-6-16(32-3)17(15)25-19(31)18(23)24/h4-6,13-14,18H,7-12H2,1-3H3/t13-,14-/m1/s1. The van der Waals surface area contributed by atoms with E-state index >= 15 is 0 Å². The van der Waals surface area contributed by atoms with E-state index in [4.69, 9.17) is 19.2 Å². The van der Waals surface area contributed by atoms with Crippen molar-refractivity contribution >= 4 is 22.9 Å². The lowest BCUT2D eigenvalue weighted by molar-refractivity contribution is -0.00573. The third kappa shape index (κ3) is 4.23. The summed E-state index contributed by atoms with van der Waals surface area (Å²) in [5.41, 5.74) is 0.757. The summed E-state index contributed by atoms with van der Waals surface area (Å²) < 4.78 is 46.3. The van der Waals surface area contributed by atoms with Crippen LogP contribution in [0.5, 0.6) is 5.75 Å². The highest BCUT2D eigenvalue weighted by Gasteiger charge is 2.29. The maximum absolute atomic E-state index is 14.2. The fourth-order valence-corrected chi connectivity index (χ4v) is 4.44. The van der Waals surface area contributed by atoms with Crippen molar-refractivity contribution in [3.63, 3.8) is 0 Å². The van der Waals surface area contributed by atoms with Crippen molar-refractivity contribution in [2.75, 3.05) is 56.3 Å². The maximum atomic E-state index is 14.2. The minimum absolute atomic E-state index is 0.0224. The Morgan fingerprint density at radius 1 is 0.941 bits per heavy atom. The predicted octanol–water partition coefficient (Wildman–Crippen LogP) is 2.61. The molecule has 12 heteroatoms. The topological polar surface area (TPSA) is 90.7 Å². The molecule has 0 amide bonds. The Hall–Kier alpha value is -3.12. The number of anilines is 2. The molecule has 0 unspecified atom stereocenters. The zero-order valence-electron chi connectivity index (χ0n) is 19.3. The number of hydrogen-bond acceptors (Lipinski definition) is 9. The highest BCUT2D eigenvalue weighted by molar-refractivity contribution is 5.84. The number of imidazole rings is 1. The average Bonchev–Trinajstić information content (AvgIpc) is 3.24. The first-order valence-electron chi connectivity index (χ1n) is 11.3. The van der Waals surface area contributed by atoms with Gasteiger partial charge in [0.15, 0.2) is 5.82 Å². The molecule has 0 saturated carbocycles. The lowest BCUT2D eigenvalue weighted by Gasteiger charge is -2.36. The van der Waals surface area contributed by atoms with Crippen LogP contribution in [0.3, 0.4) is 0 Å². The molecular weight excluding hydrogens is 448 g/mol. The van der Waals surface area contributed by atoms with Crippen molar-refractivity contribution in [3.05, 3.63) is 24.0 Å². The summed E-state index contributed by atoms with van der Waals surface area (Å²) in [6.45, 7) is 7.40. The first-order chi connectivity index (χ1) is 16.4. The van der Waals surface area contributed by atoms with Gasteiger partial charge in [0.2, 0.25) is 17.8 Å². The molecule has 182 valence electrons. The van der Waals surface area contributed by atoms with Crippen LogP contribution < -0.4 is 14.5 Å². The van der Waals surface area contributed by atoms with Gasteiger partial charge in [-0.25, -0.2) is 13.8 Å². The van der Waals surface area contributed by atoms with E-state index < -0.39 is 12.2 Å². The second kappa shape index (κ2) is 9.26. The van der Waals surface area contributed by atoms with Crippen LogP contribution in [-0.2, 0) is 9.47 Å². The first-order valence-corrected chi connectivity index (χ1v) is 11.3. The molecule has 3 aromatic rings. The number of halogens is 2. The SMILES string of the molecule is COc1cccc2c1nc(C(F)F)n2-c1nc(N2CCOCC2)nc(N2C[C@@H](C)O[C@H](C)C2)n1. The van der Waals surface area contributed by atoms with E-state index in [1.807, 2.05) is 23.6 Å². The molecule has 2 aliphatic rings. The molecule has 0 radical (unpaired) electrons. The fourth-order valence-electron chi connectivity index (χ4n) is 4.44.